The number of thiophene rings is 1. The van der Waals surface area contributed by atoms with Crippen molar-refractivity contribution in [2.24, 2.45) is 0 Å². The predicted molar refractivity (Wildman–Crippen MR) is 84.7 cm³/mol. The highest BCUT2D eigenvalue weighted by Crippen LogP contribution is 2.28. The standard InChI is InChI=1S/C13H10ClN3OS2/c1-7-5-11(18)17-13(15-7)20-12(16-17)10(14)6-9-4-3-8(2)19-9/h3-6H,1-2H3/b10-6-. The number of aromatic nitrogens is 3. The summed E-state index contributed by atoms with van der Waals surface area (Å²) in [6.45, 7) is 3.83. The zero-order chi connectivity index (χ0) is 14.3. The molecule has 0 spiro atoms. The van der Waals surface area contributed by atoms with E-state index in [1.54, 1.807) is 18.3 Å². The SMILES string of the molecule is Cc1cc(=O)n2nc(/C(Cl)=C/c3ccc(C)s3)sc2n1. The van der Waals surface area contributed by atoms with Gasteiger partial charge in [0.05, 0.1) is 5.03 Å². The van der Waals surface area contributed by atoms with Crippen LogP contribution < -0.4 is 5.56 Å². The summed E-state index contributed by atoms with van der Waals surface area (Å²) in [5, 5.41) is 5.32. The first-order valence-electron chi connectivity index (χ1n) is 5.84. The van der Waals surface area contributed by atoms with Crippen molar-refractivity contribution in [3.8, 4) is 0 Å². The van der Waals surface area contributed by atoms with Gasteiger partial charge in [-0.3, -0.25) is 4.79 Å². The molecule has 3 aromatic heterocycles. The Morgan fingerprint density at radius 2 is 2.15 bits per heavy atom. The van der Waals surface area contributed by atoms with Gasteiger partial charge in [-0.05, 0) is 32.1 Å². The number of hydrogen-bond acceptors (Lipinski definition) is 5. The Bertz CT molecular complexity index is 875. The summed E-state index contributed by atoms with van der Waals surface area (Å²) in [5.41, 5.74) is 0.491. The van der Waals surface area contributed by atoms with Gasteiger partial charge in [0.2, 0.25) is 4.96 Å². The summed E-state index contributed by atoms with van der Waals surface area (Å²) in [7, 11) is 0. The molecule has 0 radical (unpaired) electrons. The number of aryl methyl sites for hydroxylation is 2. The minimum Gasteiger partial charge on any atom is -0.267 e. The van der Waals surface area contributed by atoms with Gasteiger partial charge in [-0.25, -0.2) is 4.98 Å². The number of rotatable bonds is 2. The summed E-state index contributed by atoms with van der Waals surface area (Å²) in [4.78, 5) is 18.9. The highest BCUT2D eigenvalue weighted by Gasteiger charge is 2.10. The van der Waals surface area contributed by atoms with Gasteiger partial charge in [-0.2, -0.15) is 9.61 Å². The quantitative estimate of drug-likeness (QED) is 0.724. The van der Waals surface area contributed by atoms with Crippen molar-refractivity contribution < 1.29 is 0 Å². The summed E-state index contributed by atoms with van der Waals surface area (Å²) in [5.74, 6) is 0. The molecule has 0 amide bonds. The van der Waals surface area contributed by atoms with Gasteiger partial charge in [-0.15, -0.1) is 11.3 Å². The van der Waals surface area contributed by atoms with E-state index < -0.39 is 0 Å². The molecule has 7 heteroatoms. The molecule has 0 N–H and O–H groups in total. The molecule has 0 unspecified atom stereocenters. The fraction of sp³-hybridized carbons (Fsp3) is 0.154. The van der Waals surface area contributed by atoms with Gasteiger partial charge < -0.3 is 0 Å². The van der Waals surface area contributed by atoms with E-state index in [9.17, 15) is 4.79 Å². The van der Waals surface area contributed by atoms with E-state index in [2.05, 4.69) is 10.1 Å². The zero-order valence-corrected chi connectivity index (χ0v) is 13.1. The van der Waals surface area contributed by atoms with Crippen LogP contribution in [0.2, 0.25) is 0 Å². The Morgan fingerprint density at radius 1 is 1.35 bits per heavy atom. The van der Waals surface area contributed by atoms with E-state index >= 15 is 0 Å². The molecule has 0 aliphatic heterocycles. The lowest BCUT2D eigenvalue weighted by Crippen LogP contribution is -2.14. The predicted octanol–water partition coefficient (Wildman–Crippen LogP) is 3.57. The van der Waals surface area contributed by atoms with E-state index in [1.165, 1.54) is 26.8 Å². The second kappa shape index (κ2) is 5.12. The number of halogens is 1. The van der Waals surface area contributed by atoms with Crippen LogP contribution in [-0.4, -0.2) is 14.6 Å². The monoisotopic (exact) mass is 323 g/mol. The third-order valence-corrected chi connectivity index (χ3v) is 4.90. The van der Waals surface area contributed by atoms with Gasteiger partial charge in [-0.1, -0.05) is 22.9 Å². The van der Waals surface area contributed by atoms with Gasteiger partial charge in [0.15, 0.2) is 5.01 Å². The molecule has 0 aromatic carbocycles. The first-order valence-corrected chi connectivity index (χ1v) is 7.85. The summed E-state index contributed by atoms with van der Waals surface area (Å²) in [6, 6.07) is 5.50. The van der Waals surface area contributed by atoms with Crippen LogP contribution >= 0.6 is 34.3 Å². The fourth-order valence-corrected chi connectivity index (χ4v) is 3.75. The van der Waals surface area contributed by atoms with Crippen molar-refractivity contribution in [1.29, 1.82) is 0 Å². The van der Waals surface area contributed by atoms with Gasteiger partial charge >= 0.3 is 0 Å². The molecular weight excluding hydrogens is 314 g/mol. The van der Waals surface area contributed by atoms with Crippen molar-refractivity contribution in [3.63, 3.8) is 0 Å². The number of nitrogens with zero attached hydrogens (tertiary/aromatic N) is 3. The lowest BCUT2D eigenvalue weighted by Gasteiger charge is -1.90. The number of hydrogen-bond donors (Lipinski definition) is 0. The smallest absolute Gasteiger partial charge is 0.267 e. The van der Waals surface area contributed by atoms with Crippen molar-refractivity contribution in [1.82, 2.24) is 14.6 Å². The molecule has 3 aromatic rings. The van der Waals surface area contributed by atoms with E-state index in [4.69, 9.17) is 11.6 Å². The second-order valence-electron chi connectivity index (χ2n) is 4.28. The lowest BCUT2D eigenvalue weighted by atomic mass is 10.4. The first kappa shape index (κ1) is 13.5. The molecule has 3 rings (SSSR count). The van der Waals surface area contributed by atoms with Crippen LogP contribution in [0.4, 0.5) is 0 Å². The summed E-state index contributed by atoms with van der Waals surface area (Å²) < 4.78 is 1.28. The zero-order valence-electron chi connectivity index (χ0n) is 10.8. The third kappa shape index (κ3) is 2.54. The topological polar surface area (TPSA) is 47.3 Å². The normalized spacial score (nSPS) is 12.2. The van der Waals surface area contributed by atoms with Gasteiger partial charge in [0.1, 0.15) is 0 Å². The molecule has 0 saturated heterocycles. The Balaban J connectivity index is 2.08. The molecule has 0 atom stereocenters. The molecule has 0 saturated carbocycles. The van der Waals surface area contributed by atoms with Crippen LogP contribution in [0.1, 0.15) is 20.5 Å². The molecule has 0 aliphatic carbocycles. The van der Waals surface area contributed by atoms with Crippen LogP contribution in [0.5, 0.6) is 0 Å². The average molecular weight is 324 g/mol. The van der Waals surface area contributed by atoms with Crippen molar-refractivity contribution in [2.45, 2.75) is 13.8 Å². The first-order chi connectivity index (χ1) is 9.52. The molecule has 102 valence electrons. The Kier molecular flexibility index (Phi) is 3.45. The minimum absolute atomic E-state index is 0.188. The molecule has 20 heavy (non-hydrogen) atoms. The molecule has 0 aliphatic rings. The minimum atomic E-state index is -0.188. The average Bonchev–Trinajstić information content (AvgIpc) is 2.95. The van der Waals surface area contributed by atoms with E-state index in [-0.39, 0.29) is 5.56 Å². The molecular formula is C13H10ClN3OS2. The maximum atomic E-state index is 11.8. The highest BCUT2D eigenvalue weighted by molar-refractivity contribution is 7.18. The van der Waals surface area contributed by atoms with Crippen LogP contribution in [0.25, 0.3) is 16.1 Å². The maximum Gasteiger partial charge on any atom is 0.275 e. The molecule has 3 heterocycles. The van der Waals surface area contributed by atoms with Crippen molar-refractivity contribution >= 4 is 50.3 Å². The largest absolute Gasteiger partial charge is 0.275 e. The van der Waals surface area contributed by atoms with Crippen molar-refractivity contribution in [3.05, 3.63) is 49.0 Å². The Labute approximate surface area is 128 Å². The molecule has 4 nitrogen and oxygen atoms in total. The Hall–Kier alpha value is -1.50. The van der Waals surface area contributed by atoms with Crippen LogP contribution in [0, 0.1) is 13.8 Å². The second-order valence-corrected chi connectivity index (χ2v) is 6.96. The van der Waals surface area contributed by atoms with E-state index in [0.717, 1.165) is 4.88 Å². The van der Waals surface area contributed by atoms with Crippen molar-refractivity contribution in [2.75, 3.05) is 0 Å². The van der Waals surface area contributed by atoms with Crippen LogP contribution in [-0.2, 0) is 0 Å². The lowest BCUT2D eigenvalue weighted by molar-refractivity contribution is 0.885. The molecule has 0 fully saturated rings. The highest BCUT2D eigenvalue weighted by atomic mass is 35.5. The fourth-order valence-electron chi connectivity index (χ4n) is 1.73. The summed E-state index contributed by atoms with van der Waals surface area (Å²) in [6.07, 6.45) is 1.86. The van der Waals surface area contributed by atoms with Crippen LogP contribution in [0.3, 0.4) is 0 Å². The van der Waals surface area contributed by atoms with Crippen LogP contribution in [0.15, 0.2) is 23.0 Å². The maximum absolute atomic E-state index is 11.8. The number of fused-ring (bicyclic) bond motifs is 1. The van der Waals surface area contributed by atoms with Gasteiger partial charge in [0.25, 0.3) is 5.56 Å². The van der Waals surface area contributed by atoms with E-state index in [1.807, 2.05) is 25.1 Å². The third-order valence-electron chi connectivity index (χ3n) is 2.61. The Morgan fingerprint density at radius 3 is 2.85 bits per heavy atom. The summed E-state index contributed by atoms with van der Waals surface area (Å²) >= 11 is 9.25. The van der Waals surface area contributed by atoms with E-state index in [0.29, 0.717) is 20.7 Å². The molecule has 0 bridgehead atoms. The van der Waals surface area contributed by atoms with Gasteiger partial charge in [0, 0.05) is 21.5 Å².